The third-order valence-corrected chi connectivity index (χ3v) is 3.41. The van der Waals surface area contributed by atoms with E-state index in [9.17, 15) is 4.79 Å². The first-order valence-electron chi connectivity index (χ1n) is 5.27. The van der Waals surface area contributed by atoms with E-state index in [2.05, 4.69) is 37.3 Å². The van der Waals surface area contributed by atoms with Crippen LogP contribution >= 0.6 is 0 Å². The Balaban J connectivity index is 2.19. The molecule has 2 atom stereocenters. The molecule has 0 aromatic heterocycles. The normalized spacial score (nSPS) is 25.9. The van der Waals surface area contributed by atoms with Gasteiger partial charge in [0.1, 0.15) is 0 Å². The van der Waals surface area contributed by atoms with Crippen molar-refractivity contribution in [2.45, 2.75) is 25.9 Å². The van der Waals surface area contributed by atoms with Crippen molar-refractivity contribution in [2.24, 2.45) is 0 Å². The maximum absolute atomic E-state index is 11.6. The number of amides is 1. The summed E-state index contributed by atoms with van der Waals surface area (Å²) in [5.74, 6) is 0.158. The Kier molecular flexibility index (Phi) is 1.58. The second-order valence-electron chi connectivity index (χ2n) is 4.28. The molecule has 2 nitrogen and oxygen atoms in total. The van der Waals surface area contributed by atoms with Crippen LogP contribution in [-0.4, -0.2) is 10.8 Å². The summed E-state index contributed by atoms with van der Waals surface area (Å²) in [6, 6.07) is 6.69. The summed E-state index contributed by atoms with van der Waals surface area (Å²) >= 11 is 0. The highest BCUT2D eigenvalue weighted by molar-refractivity contribution is 5.78. The molecule has 2 heterocycles. The lowest BCUT2D eigenvalue weighted by atomic mass is 9.93. The molecule has 1 aromatic carbocycles. The van der Waals surface area contributed by atoms with Crippen molar-refractivity contribution in [3.8, 4) is 0 Å². The summed E-state index contributed by atoms with van der Waals surface area (Å²) in [5.41, 5.74) is 3.92. The molecule has 0 spiro atoms. The lowest BCUT2D eigenvalue weighted by Gasteiger charge is -2.20. The van der Waals surface area contributed by atoms with Gasteiger partial charge in [0.2, 0.25) is 5.91 Å². The first-order chi connectivity index (χ1) is 7.20. The summed E-state index contributed by atoms with van der Waals surface area (Å²) in [7, 11) is 0. The standard InChI is InChI=1S/C13H13NO/c1-8-4-3-5-10-11-6-7-12(13(8)10)14(11)9(2)15/h3-7,11-12H,1-2H3/t11-,12+/m0/s1. The minimum atomic E-state index is 0.158. The van der Waals surface area contributed by atoms with Crippen LogP contribution in [0.2, 0.25) is 0 Å². The van der Waals surface area contributed by atoms with E-state index in [1.54, 1.807) is 6.92 Å². The topological polar surface area (TPSA) is 20.3 Å². The van der Waals surface area contributed by atoms with Crippen LogP contribution in [0, 0.1) is 6.92 Å². The summed E-state index contributed by atoms with van der Waals surface area (Å²) in [5, 5.41) is 0. The number of carbonyl (C=O) groups excluding carboxylic acids is 1. The predicted molar refractivity (Wildman–Crippen MR) is 58.3 cm³/mol. The summed E-state index contributed by atoms with van der Waals surface area (Å²) in [4.78, 5) is 13.5. The molecule has 76 valence electrons. The fourth-order valence-electron chi connectivity index (χ4n) is 2.81. The van der Waals surface area contributed by atoms with E-state index < -0.39 is 0 Å². The molecule has 0 unspecified atom stereocenters. The lowest BCUT2D eigenvalue weighted by molar-refractivity contribution is -0.130. The Morgan fingerprint density at radius 3 is 2.67 bits per heavy atom. The third kappa shape index (κ3) is 0.965. The molecule has 1 amide bonds. The number of benzene rings is 1. The monoisotopic (exact) mass is 199 g/mol. The molecular weight excluding hydrogens is 186 g/mol. The fraction of sp³-hybridized carbons (Fsp3) is 0.308. The number of nitrogens with zero attached hydrogens (tertiary/aromatic N) is 1. The van der Waals surface area contributed by atoms with Gasteiger partial charge in [-0.2, -0.15) is 0 Å². The van der Waals surface area contributed by atoms with E-state index in [0.29, 0.717) is 0 Å². The van der Waals surface area contributed by atoms with Crippen molar-refractivity contribution in [1.82, 2.24) is 4.90 Å². The number of aryl methyl sites for hydroxylation is 1. The Morgan fingerprint density at radius 2 is 2.00 bits per heavy atom. The molecule has 0 fully saturated rings. The van der Waals surface area contributed by atoms with Crippen LogP contribution in [0.25, 0.3) is 0 Å². The van der Waals surface area contributed by atoms with Gasteiger partial charge < -0.3 is 4.90 Å². The summed E-state index contributed by atoms with van der Waals surface area (Å²) in [6.45, 7) is 3.76. The SMILES string of the molecule is CC(=O)N1[C@@H]2C=C[C@H]1c1cccc(C)c12. The molecule has 0 saturated carbocycles. The molecule has 0 aliphatic carbocycles. The molecule has 2 bridgehead atoms. The average molecular weight is 199 g/mol. The van der Waals surface area contributed by atoms with E-state index in [0.717, 1.165) is 0 Å². The first-order valence-corrected chi connectivity index (χ1v) is 5.27. The van der Waals surface area contributed by atoms with Gasteiger partial charge in [0.25, 0.3) is 0 Å². The Bertz CT molecular complexity index is 475. The van der Waals surface area contributed by atoms with Crippen LogP contribution < -0.4 is 0 Å². The van der Waals surface area contributed by atoms with Crippen LogP contribution in [0.5, 0.6) is 0 Å². The zero-order valence-corrected chi connectivity index (χ0v) is 8.90. The second kappa shape index (κ2) is 2.72. The van der Waals surface area contributed by atoms with E-state index in [1.165, 1.54) is 16.7 Å². The minimum absolute atomic E-state index is 0.158. The van der Waals surface area contributed by atoms with Crippen molar-refractivity contribution >= 4 is 5.91 Å². The second-order valence-corrected chi connectivity index (χ2v) is 4.28. The molecular formula is C13H13NO. The van der Waals surface area contributed by atoms with E-state index in [1.807, 2.05) is 4.90 Å². The number of fused-ring (bicyclic) bond motifs is 5. The Morgan fingerprint density at radius 1 is 1.27 bits per heavy atom. The molecule has 1 aromatic rings. The number of rotatable bonds is 0. The molecule has 0 radical (unpaired) electrons. The number of carbonyl (C=O) groups is 1. The molecule has 2 heteroatoms. The zero-order valence-electron chi connectivity index (χ0n) is 8.90. The van der Waals surface area contributed by atoms with Crippen molar-refractivity contribution in [2.75, 3.05) is 0 Å². The highest BCUT2D eigenvalue weighted by Crippen LogP contribution is 2.49. The molecule has 3 rings (SSSR count). The van der Waals surface area contributed by atoms with Gasteiger partial charge in [-0.05, 0) is 23.6 Å². The van der Waals surface area contributed by atoms with Crippen LogP contribution in [0.4, 0.5) is 0 Å². The highest BCUT2D eigenvalue weighted by atomic mass is 16.2. The maximum atomic E-state index is 11.6. The number of hydrogen-bond acceptors (Lipinski definition) is 1. The van der Waals surface area contributed by atoms with Crippen LogP contribution in [0.1, 0.15) is 35.7 Å². The van der Waals surface area contributed by atoms with Gasteiger partial charge in [0.05, 0.1) is 12.1 Å². The van der Waals surface area contributed by atoms with Gasteiger partial charge in [0, 0.05) is 6.92 Å². The maximum Gasteiger partial charge on any atom is 0.220 e. The predicted octanol–water partition coefficient (Wildman–Crippen LogP) is 2.51. The van der Waals surface area contributed by atoms with Crippen molar-refractivity contribution < 1.29 is 4.79 Å². The van der Waals surface area contributed by atoms with Gasteiger partial charge >= 0.3 is 0 Å². The van der Waals surface area contributed by atoms with Crippen LogP contribution in [-0.2, 0) is 4.79 Å². The van der Waals surface area contributed by atoms with Crippen LogP contribution in [0.3, 0.4) is 0 Å². The van der Waals surface area contributed by atoms with E-state index in [4.69, 9.17) is 0 Å². The Labute approximate surface area is 89.2 Å². The number of hydrogen-bond donors (Lipinski definition) is 0. The average Bonchev–Trinajstić information content (AvgIpc) is 2.73. The summed E-state index contributed by atoms with van der Waals surface area (Å²) in [6.07, 6.45) is 4.27. The van der Waals surface area contributed by atoms with Gasteiger partial charge in [-0.25, -0.2) is 0 Å². The molecule has 15 heavy (non-hydrogen) atoms. The largest absolute Gasteiger partial charge is 0.322 e. The van der Waals surface area contributed by atoms with Crippen molar-refractivity contribution in [3.63, 3.8) is 0 Å². The van der Waals surface area contributed by atoms with Gasteiger partial charge in [-0.3, -0.25) is 4.79 Å². The zero-order chi connectivity index (χ0) is 10.6. The summed E-state index contributed by atoms with van der Waals surface area (Å²) < 4.78 is 0. The molecule has 0 N–H and O–H groups in total. The highest BCUT2D eigenvalue weighted by Gasteiger charge is 2.41. The van der Waals surface area contributed by atoms with E-state index >= 15 is 0 Å². The van der Waals surface area contributed by atoms with Gasteiger partial charge in [0.15, 0.2) is 0 Å². The molecule has 2 aliphatic rings. The Hall–Kier alpha value is -1.57. The first kappa shape index (κ1) is 8.72. The van der Waals surface area contributed by atoms with Crippen molar-refractivity contribution in [1.29, 1.82) is 0 Å². The molecule has 2 aliphatic heterocycles. The third-order valence-electron chi connectivity index (χ3n) is 3.41. The quantitative estimate of drug-likeness (QED) is 0.588. The van der Waals surface area contributed by atoms with Gasteiger partial charge in [-0.15, -0.1) is 0 Å². The van der Waals surface area contributed by atoms with E-state index in [-0.39, 0.29) is 18.0 Å². The lowest BCUT2D eigenvalue weighted by Crippen LogP contribution is -2.25. The molecule has 0 saturated heterocycles. The van der Waals surface area contributed by atoms with Crippen LogP contribution in [0.15, 0.2) is 30.4 Å². The minimum Gasteiger partial charge on any atom is -0.322 e. The smallest absolute Gasteiger partial charge is 0.220 e. The van der Waals surface area contributed by atoms with Crippen molar-refractivity contribution in [3.05, 3.63) is 47.0 Å². The van der Waals surface area contributed by atoms with Gasteiger partial charge in [-0.1, -0.05) is 30.4 Å². The fourth-order valence-corrected chi connectivity index (χ4v) is 2.81.